The van der Waals surface area contributed by atoms with E-state index in [1.807, 2.05) is 20.8 Å². The van der Waals surface area contributed by atoms with Crippen LogP contribution in [0.3, 0.4) is 0 Å². The normalized spacial score (nSPS) is 51.6. The molecule has 0 unspecified atom stereocenters. The number of aliphatic hydroxyl groups excluding tert-OH is 1. The van der Waals surface area contributed by atoms with Gasteiger partial charge >= 0.3 is 11.9 Å². The Bertz CT molecular complexity index is 790. The third-order valence-corrected chi connectivity index (χ3v) is 8.75. The van der Waals surface area contributed by atoms with Crippen LogP contribution in [-0.2, 0) is 28.7 Å². The highest BCUT2D eigenvalue weighted by Crippen LogP contribution is 2.68. The molecule has 3 saturated carbocycles. The van der Waals surface area contributed by atoms with Gasteiger partial charge in [-0.05, 0) is 30.6 Å². The van der Waals surface area contributed by atoms with Crippen LogP contribution in [0, 0.1) is 40.4 Å². The highest BCUT2D eigenvalue weighted by atomic mass is 16.6. The van der Waals surface area contributed by atoms with Crippen molar-refractivity contribution in [2.24, 2.45) is 40.4 Å². The fraction of sp³-hybridized carbons (Fsp3) is 0.818. The highest BCUT2D eigenvalue weighted by molar-refractivity contribution is 5.94. The van der Waals surface area contributed by atoms with Gasteiger partial charge < -0.3 is 14.6 Å². The van der Waals surface area contributed by atoms with Gasteiger partial charge in [0.2, 0.25) is 0 Å². The van der Waals surface area contributed by atoms with Gasteiger partial charge in [-0.25, -0.2) is 0 Å². The predicted octanol–water partition coefficient (Wildman–Crippen LogP) is 1.69. The van der Waals surface area contributed by atoms with E-state index in [2.05, 4.69) is 0 Å². The first-order chi connectivity index (χ1) is 13.4. The summed E-state index contributed by atoms with van der Waals surface area (Å²) < 4.78 is 11.4. The third-order valence-electron chi connectivity index (χ3n) is 8.75. The Morgan fingerprint density at radius 1 is 1.14 bits per heavy atom. The fourth-order valence-corrected chi connectivity index (χ4v) is 7.48. The second-order valence-electron chi connectivity index (χ2n) is 10.1. The lowest BCUT2D eigenvalue weighted by Crippen LogP contribution is -2.74. The number of hydrogen-bond acceptors (Lipinski definition) is 7. The number of ketones is 2. The van der Waals surface area contributed by atoms with E-state index < -0.39 is 46.9 Å². The largest absolute Gasteiger partial charge is 0.462 e. The number of carbonyl (C=O) groups is 4. The summed E-state index contributed by atoms with van der Waals surface area (Å²) in [5.41, 5.74) is -1.74. The molecule has 0 aromatic heterocycles. The van der Waals surface area contributed by atoms with Crippen LogP contribution >= 0.6 is 0 Å². The predicted molar refractivity (Wildman–Crippen MR) is 100 cm³/mol. The summed E-state index contributed by atoms with van der Waals surface area (Å²) in [6, 6.07) is 0. The minimum atomic E-state index is -1.11. The number of ether oxygens (including phenoxy) is 2. The summed E-state index contributed by atoms with van der Waals surface area (Å²) in [5, 5.41) is 10.5. The number of esters is 2. The SMILES string of the molecule is CC(=O)O[C@@H]1C(=O)[C@H](C)[C@@H]2CC(=O)O[C@@H]3C[C@H]4[C@H](C)C[C@H](O)C(=O)[C@]4(C)[C@@H]1[C@@]32C. The van der Waals surface area contributed by atoms with Crippen LogP contribution in [0.2, 0.25) is 0 Å². The van der Waals surface area contributed by atoms with Crippen LogP contribution in [0.25, 0.3) is 0 Å². The van der Waals surface area contributed by atoms with Gasteiger partial charge in [-0.2, -0.15) is 0 Å². The van der Waals surface area contributed by atoms with Crippen LogP contribution in [-0.4, -0.2) is 46.9 Å². The van der Waals surface area contributed by atoms with E-state index in [1.54, 1.807) is 6.92 Å². The molecule has 1 saturated heterocycles. The third kappa shape index (κ3) is 2.52. The number of carbonyl (C=O) groups excluding carboxylic acids is 4. The minimum absolute atomic E-state index is 0.00348. The molecular formula is C22H30O7. The van der Waals surface area contributed by atoms with Gasteiger partial charge in [-0.3, -0.25) is 19.2 Å². The van der Waals surface area contributed by atoms with Gasteiger partial charge in [-0.15, -0.1) is 0 Å². The molecule has 1 aliphatic heterocycles. The van der Waals surface area contributed by atoms with Gasteiger partial charge in [0.25, 0.3) is 0 Å². The topological polar surface area (TPSA) is 107 Å². The van der Waals surface area contributed by atoms with Crippen molar-refractivity contribution in [1.82, 2.24) is 0 Å². The van der Waals surface area contributed by atoms with Crippen LogP contribution in [0.4, 0.5) is 0 Å². The maximum atomic E-state index is 13.4. The van der Waals surface area contributed by atoms with E-state index in [0.29, 0.717) is 12.8 Å². The second kappa shape index (κ2) is 6.37. The molecule has 160 valence electrons. The molecule has 4 fully saturated rings. The lowest BCUT2D eigenvalue weighted by Gasteiger charge is -2.67. The first-order valence-electron chi connectivity index (χ1n) is 10.6. The van der Waals surface area contributed by atoms with Crippen molar-refractivity contribution in [2.75, 3.05) is 0 Å². The van der Waals surface area contributed by atoms with Crippen LogP contribution < -0.4 is 0 Å². The number of aliphatic hydroxyl groups is 1. The van der Waals surface area contributed by atoms with Gasteiger partial charge in [0, 0.05) is 36.0 Å². The van der Waals surface area contributed by atoms with Crippen molar-refractivity contribution in [3.8, 4) is 0 Å². The smallest absolute Gasteiger partial charge is 0.306 e. The Hall–Kier alpha value is -1.76. The van der Waals surface area contributed by atoms with Crippen LogP contribution in [0.1, 0.15) is 53.9 Å². The van der Waals surface area contributed by atoms with E-state index >= 15 is 0 Å². The maximum absolute atomic E-state index is 13.4. The zero-order valence-electron chi connectivity index (χ0n) is 17.6. The molecule has 0 amide bonds. The number of hydrogen-bond donors (Lipinski definition) is 1. The Morgan fingerprint density at radius 2 is 1.79 bits per heavy atom. The van der Waals surface area contributed by atoms with Crippen molar-refractivity contribution in [2.45, 2.75) is 72.2 Å². The quantitative estimate of drug-likeness (QED) is 0.660. The Balaban J connectivity index is 1.95. The number of fused-ring (bicyclic) bond motifs is 2. The monoisotopic (exact) mass is 406 g/mol. The highest BCUT2D eigenvalue weighted by Gasteiger charge is 2.74. The zero-order chi connectivity index (χ0) is 21.5. The van der Waals surface area contributed by atoms with Crippen molar-refractivity contribution in [1.29, 1.82) is 0 Å². The molecule has 0 aromatic rings. The molecule has 7 heteroatoms. The van der Waals surface area contributed by atoms with Crippen LogP contribution in [0.15, 0.2) is 0 Å². The van der Waals surface area contributed by atoms with E-state index in [0.717, 1.165) is 0 Å². The fourth-order valence-electron chi connectivity index (χ4n) is 7.48. The summed E-state index contributed by atoms with van der Waals surface area (Å²) >= 11 is 0. The molecule has 29 heavy (non-hydrogen) atoms. The summed E-state index contributed by atoms with van der Waals surface area (Å²) in [7, 11) is 0. The van der Waals surface area contributed by atoms with Crippen LogP contribution in [0.5, 0.6) is 0 Å². The second-order valence-corrected chi connectivity index (χ2v) is 10.1. The lowest BCUT2D eigenvalue weighted by molar-refractivity contribution is -0.258. The first kappa shape index (κ1) is 20.5. The first-order valence-corrected chi connectivity index (χ1v) is 10.6. The van der Waals surface area contributed by atoms with Gasteiger partial charge in [0.1, 0.15) is 12.2 Å². The van der Waals surface area contributed by atoms with E-state index in [4.69, 9.17) is 9.47 Å². The van der Waals surface area contributed by atoms with Crippen molar-refractivity contribution in [3.63, 3.8) is 0 Å². The lowest BCUT2D eigenvalue weighted by atomic mass is 9.37. The van der Waals surface area contributed by atoms with Gasteiger partial charge in [0.05, 0.1) is 0 Å². The maximum Gasteiger partial charge on any atom is 0.306 e. The summed E-state index contributed by atoms with van der Waals surface area (Å²) in [4.78, 5) is 51.1. The summed E-state index contributed by atoms with van der Waals surface area (Å²) in [6.07, 6.45) is -1.68. The zero-order valence-corrected chi connectivity index (χ0v) is 17.6. The van der Waals surface area contributed by atoms with Crippen molar-refractivity contribution < 1.29 is 33.8 Å². The molecular weight excluding hydrogens is 376 g/mol. The van der Waals surface area contributed by atoms with E-state index in [9.17, 15) is 24.3 Å². The number of rotatable bonds is 1. The molecule has 0 bridgehead atoms. The average Bonchev–Trinajstić information content (AvgIpc) is 2.62. The molecule has 4 aliphatic rings. The average molecular weight is 406 g/mol. The van der Waals surface area contributed by atoms with Crippen molar-refractivity contribution in [3.05, 3.63) is 0 Å². The standard InChI is InChI=1S/C22H30O7/c1-9-6-14(24)20(27)22(5)12(9)7-15-21(4)13(8-16(25)29-15)10(2)17(26)18(19(21)22)28-11(3)23/h9-10,12-15,18-19,24H,6-8H2,1-5H3/t9-,10-,12+,13+,14+,15-,18-,19+,21-,22+/m1/s1. The summed E-state index contributed by atoms with van der Waals surface area (Å²) in [5.74, 6) is -3.03. The molecule has 4 rings (SSSR count). The molecule has 1 N–H and O–H groups in total. The summed E-state index contributed by atoms with van der Waals surface area (Å²) in [6.45, 7) is 8.80. The van der Waals surface area contributed by atoms with E-state index in [1.165, 1.54) is 6.92 Å². The Labute approximate surface area is 170 Å². The molecule has 0 aromatic carbocycles. The Kier molecular flexibility index (Phi) is 4.50. The molecule has 10 atom stereocenters. The molecule has 3 aliphatic carbocycles. The molecule has 7 nitrogen and oxygen atoms in total. The van der Waals surface area contributed by atoms with Gasteiger partial charge in [0.15, 0.2) is 17.7 Å². The van der Waals surface area contributed by atoms with Crippen molar-refractivity contribution >= 4 is 23.5 Å². The number of Topliss-reactive ketones (excluding diaryl/α,β-unsaturated/α-hetero) is 2. The minimum Gasteiger partial charge on any atom is -0.462 e. The Morgan fingerprint density at radius 3 is 2.41 bits per heavy atom. The molecule has 1 heterocycles. The molecule has 0 radical (unpaired) electrons. The van der Waals surface area contributed by atoms with Gasteiger partial charge in [-0.1, -0.05) is 27.7 Å². The molecule has 0 spiro atoms. The van der Waals surface area contributed by atoms with E-state index in [-0.39, 0.29) is 41.7 Å².